The van der Waals surface area contributed by atoms with Gasteiger partial charge >= 0.3 is 0 Å². The molecule has 0 spiro atoms. The van der Waals surface area contributed by atoms with Gasteiger partial charge < -0.3 is 9.30 Å². The van der Waals surface area contributed by atoms with E-state index in [1.807, 2.05) is 43.8 Å². The van der Waals surface area contributed by atoms with Crippen LogP contribution in [0, 0.1) is 12.8 Å². The van der Waals surface area contributed by atoms with E-state index < -0.39 is 10.0 Å². The molecule has 0 saturated carbocycles. The molecular weight excluding hydrogens is 460 g/mol. The zero-order valence-corrected chi connectivity index (χ0v) is 21.5. The highest BCUT2D eigenvalue weighted by Crippen LogP contribution is 2.27. The first kappa shape index (κ1) is 25.6. The fourth-order valence-corrected chi connectivity index (χ4v) is 5.97. The molecule has 0 N–H and O–H groups in total. The van der Waals surface area contributed by atoms with Gasteiger partial charge in [0.1, 0.15) is 11.5 Å². The minimum Gasteiger partial charge on any atom is -0.380 e. The van der Waals surface area contributed by atoms with E-state index in [1.165, 1.54) is 4.31 Å². The van der Waals surface area contributed by atoms with E-state index in [-0.39, 0.29) is 10.9 Å². The number of likely N-dealkylation sites (N-methyl/N-ethyl adjacent to an activating group) is 1. The normalized spacial score (nSPS) is 13.3. The third kappa shape index (κ3) is 6.12. The number of sulfonamides is 1. The van der Waals surface area contributed by atoms with Gasteiger partial charge in [0.25, 0.3) is 0 Å². The number of hydrogen-bond acceptors (Lipinski definition) is 5. The fourth-order valence-electron chi connectivity index (χ4n) is 4.01. The van der Waals surface area contributed by atoms with Crippen LogP contribution < -0.4 is 0 Å². The van der Waals surface area contributed by atoms with Crippen molar-refractivity contribution >= 4 is 21.6 Å². The van der Waals surface area contributed by atoms with Crippen molar-refractivity contribution in [2.24, 2.45) is 5.92 Å². The summed E-state index contributed by atoms with van der Waals surface area (Å²) in [6.45, 7) is 11.6. The molecule has 3 rings (SSSR count). The number of aryl methyl sites for hydroxylation is 1. The lowest BCUT2D eigenvalue weighted by molar-refractivity contribution is 0.0901. The minimum absolute atomic E-state index is 0.196. The molecule has 2 heterocycles. The van der Waals surface area contributed by atoms with Crippen molar-refractivity contribution in [2.75, 3.05) is 19.8 Å². The molecule has 1 atom stereocenters. The van der Waals surface area contributed by atoms with Gasteiger partial charge in [-0.15, -0.1) is 0 Å². The molecule has 0 amide bonds. The fraction of sp³-hybridized carbons (Fsp3) is 0.500. The number of hydrogen-bond donors (Lipinski definition) is 0. The molecule has 0 bridgehead atoms. The first-order valence-electron chi connectivity index (χ1n) is 11.3. The Hall–Kier alpha value is -2.00. The number of fused-ring (bicyclic) bond motifs is 1. The molecule has 9 heteroatoms. The molecule has 0 fully saturated rings. The lowest BCUT2D eigenvalue weighted by Crippen LogP contribution is -2.43. The Morgan fingerprint density at radius 3 is 2.52 bits per heavy atom. The van der Waals surface area contributed by atoms with Gasteiger partial charge in [-0.1, -0.05) is 38.4 Å². The summed E-state index contributed by atoms with van der Waals surface area (Å²) in [6.07, 6.45) is 4.56. The smallest absolute Gasteiger partial charge is 0.243 e. The van der Waals surface area contributed by atoms with Crippen LogP contribution in [-0.4, -0.2) is 53.1 Å². The monoisotopic (exact) mass is 492 g/mol. The van der Waals surface area contributed by atoms with Crippen LogP contribution in [0.1, 0.15) is 45.5 Å². The van der Waals surface area contributed by atoms with E-state index in [9.17, 15) is 8.42 Å². The van der Waals surface area contributed by atoms with E-state index in [0.717, 1.165) is 29.2 Å². The van der Waals surface area contributed by atoms with Gasteiger partial charge in [-0.25, -0.2) is 18.4 Å². The Labute approximate surface area is 202 Å². The third-order valence-electron chi connectivity index (χ3n) is 5.50. The second-order valence-electron chi connectivity index (χ2n) is 8.56. The molecule has 0 unspecified atom stereocenters. The van der Waals surface area contributed by atoms with Crippen LogP contribution in [0.2, 0.25) is 5.02 Å². The highest BCUT2D eigenvalue weighted by molar-refractivity contribution is 7.89. The van der Waals surface area contributed by atoms with E-state index in [0.29, 0.717) is 37.2 Å². The summed E-state index contributed by atoms with van der Waals surface area (Å²) in [5, 5.41) is 0.412. The standard InChI is InChI=1S/C24H33ClN4O3S/c1-6-29(20(12-17(3)4)16-32-7-2)33(30,31)21-9-8-19(22(25)13-21)14-28-11-10-23-24(15-28)27-18(5)26-23/h8-11,13,15,17,20H,6-7,12,14,16H2,1-5H3/t20-/m0/s1. The molecule has 2 aliphatic rings. The maximum atomic E-state index is 13.5. The number of benzene rings is 1. The molecule has 1 aromatic carbocycles. The van der Waals surface area contributed by atoms with E-state index in [1.54, 1.807) is 18.2 Å². The molecule has 180 valence electrons. The van der Waals surface area contributed by atoms with Crippen molar-refractivity contribution in [3.63, 3.8) is 0 Å². The van der Waals surface area contributed by atoms with Crippen LogP contribution in [0.5, 0.6) is 0 Å². The van der Waals surface area contributed by atoms with Crippen LogP contribution in [0.25, 0.3) is 11.4 Å². The van der Waals surface area contributed by atoms with Gasteiger partial charge in [-0.05, 0) is 49.9 Å². The first-order chi connectivity index (χ1) is 15.6. The number of imidazole rings is 1. The third-order valence-corrected chi connectivity index (χ3v) is 7.88. The summed E-state index contributed by atoms with van der Waals surface area (Å²) in [7, 11) is -3.72. The number of pyridine rings is 1. The Morgan fingerprint density at radius 2 is 1.88 bits per heavy atom. The van der Waals surface area contributed by atoms with Gasteiger partial charge in [-0.2, -0.15) is 4.31 Å². The maximum Gasteiger partial charge on any atom is 0.243 e. The van der Waals surface area contributed by atoms with Crippen LogP contribution in [0.4, 0.5) is 0 Å². The highest BCUT2D eigenvalue weighted by Gasteiger charge is 2.31. The van der Waals surface area contributed by atoms with Gasteiger partial charge in [0, 0.05) is 43.2 Å². The van der Waals surface area contributed by atoms with Crippen molar-refractivity contribution in [3.05, 3.63) is 53.1 Å². The van der Waals surface area contributed by atoms with Crippen molar-refractivity contribution in [1.29, 1.82) is 0 Å². The van der Waals surface area contributed by atoms with Crippen molar-refractivity contribution in [1.82, 2.24) is 18.8 Å². The summed E-state index contributed by atoms with van der Waals surface area (Å²) in [6, 6.07) is 6.65. The molecule has 2 aliphatic heterocycles. The SMILES string of the molecule is CCOC[C@H](CC(C)C)N(CC)S(=O)(=O)c1ccc(Cn2ccc3nc(C)nc-3c2)c(Cl)c1. The Morgan fingerprint density at radius 1 is 1.15 bits per heavy atom. The van der Waals surface area contributed by atoms with Crippen LogP contribution in [-0.2, 0) is 21.3 Å². The molecule has 0 aromatic heterocycles. The van der Waals surface area contributed by atoms with Crippen LogP contribution in [0.3, 0.4) is 0 Å². The second-order valence-corrected chi connectivity index (χ2v) is 10.9. The topological polar surface area (TPSA) is 77.3 Å². The zero-order chi connectivity index (χ0) is 24.2. The molecule has 7 nitrogen and oxygen atoms in total. The summed E-state index contributed by atoms with van der Waals surface area (Å²) >= 11 is 6.55. The molecule has 33 heavy (non-hydrogen) atoms. The quantitative estimate of drug-likeness (QED) is 0.382. The average Bonchev–Trinajstić information content (AvgIpc) is 3.12. The Kier molecular flexibility index (Phi) is 8.50. The number of rotatable bonds is 11. The molecule has 1 aromatic rings. The summed E-state index contributed by atoms with van der Waals surface area (Å²) in [5.74, 6) is 1.08. The van der Waals surface area contributed by atoms with Crippen molar-refractivity contribution in [2.45, 2.75) is 58.5 Å². The maximum absolute atomic E-state index is 13.5. The zero-order valence-electron chi connectivity index (χ0n) is 20.0. The van der Waals surface area contributed by atoms with Gasteiger partial charge in [0.05, 0.1) is 17.2 Å². The van der Waals surface area contributed by atoms with Gasteiger partial charge in [0.15, 0.2) is 0 Å². The van der Waals surface area contributed by atoms with Crippen LogP contribution in [0.15, 0.2) is 41.6 Å². The average molecular weight is 493 g/mol. The lowest BCUT2D eigenvalue weighted by Gasteiger charge is -2.31. The van der Waals surface area contributed by atoms with Crippen molar-refractivity contribution in [3.8, 4) is 11.4 Å². The first-order valence-corrected chi connectivity index (χ1v) is 13.2. The number of halogens is 1. The van der Waals surface area contributed by atoms with E-state index >= 15 is 0 Å². The van der Waals surface area contributed by atoms with Gasteiger partial charge in [0.2, 0.25) is 10.0 Å². The number of ether oxygens (including phenoxy) is 1. The van der Waals surface area contributed by atoms with Crippen LogP contribution >= 0.6 is 11.6 Å². The Balaban J connectivity index is 1.86. The van der Waals surface area contributed by atoms with Crippen molar-refractivity contribution < 1.29 is 13.2 Å². The van der Waals surface area contributed by atoms with E-state index in [2.05, 4.69) is 23.8 Å². The minimum atomic E-state index is -3.72. The molecular formula is C24H33ClN4O3S. The highest BCUT2D eigenvalue weighted by atomic mass is 35.5. The molecule has 0 aliphatic carbocycles. The van der Waals surface area contributed by atoms with Gasteiger partial charge in [-0.3, -0.25) is 0 Å². The van der Waals surface area contributed by atoms with E-state index in [4.69, 9.17) is 16.3 Å². The Bertz CT molecular complexity index is 1150. The molecule has 0 radical (unpaired) electrons. The number of nitrogens with zero attached hydrogens (tertiary/aromatic N) is 4. The second kappa shape index (κ2) is 11.0. The summed E-state index contributed by atoms with van der Waals surface area (Å²) in [4.78, 5) is 8.97. The summed E-state index contributed by atoms with van der Waals surface area (Å²) in [5.41, 5.74) is 2.49. The largest absolute Gasteiger partial charge is 0.380 e. The lowest BCUT2D eigenvalue weighted by atomic mass is 10.0. The summed E-state index contributed by atoms with van der Waals surface area (Å²) < 4.78 is 36.1. The molecule has 0 saturated heterocycles. The number of aromatic nitrogens is 3. The predicted molar refractivity (Wildman–Crippen MR) is 131 cm³/mol. The predicted octanol–water partition coefficient (Wildman–Crippen LogP) is 4.85.